The second-order valence-electron chi connectivity index (χ2n) is 8.26. The summed E-state index contributed by atoms with van der Waals surface area (Å²) < 4.78 is 1.77. The molecule has 3 aliphatic rings. The van der Waals surface area contributed by atoms with Crippen LogP contribution in [0.5, 0.6) is 0 Å². The summed E-state index contributed by atoms with van der Waals surface area (Å²) in [6.07, 6.45) is 4.84. The monoisotopic (exact) mass is 316 g/mol. The fourth-order valence-corrected chi connectivity index (χ4v) is 5.17. The predicted molar refractivity (Wildman–Crippen MR) is 89.4 cm³/mol. The maximum Gasteiger partial charge on any atom is 0.272 e. The largest absolute Gasteiger partial charge is 0.332 e. The van der Waals surface area contributed by atoms with E-state index in [9.17, 15) is 4.79 Å². The molecule has 0 radical (unpaired) electrons. The Morgan fingerprint density at radius 2 is 2.22 bits per heavy atom. The highest BCUT2D eigenvalue weighted by Crippen LogP contribution is 2.50. The quantitative estimate of drug-likeness (QED) is 0.911. The predicted octanol–water partition coefficient (Wildman–Crippen LogP) is 2.29. The number of piperidine rings is 1. The molecule has 0 spiro atoms. The summed E-state index contributed by atoms with van der Waals surface area (Å²) in [5, 5.41) is 8.31. The summed E-state index contributed by atoms with van der Waals surface area (Å²) in [7, 11) is 1.89. The number of nitrogens with one attached hydrogen (secondary N) is 1. The third-order valence-electron chi connectivity index (χ3n) is 6.41. The van der Waals surface area contributed by atoms with Crippen LogP contribution >= 0.6 is 0 Å². The van der Waals surface area contributed by atoms with Crippen LogP contribution in [-0.2, 0) is 7.05 Å². The van der Waals surface area contributed by atoms with E-state index < -0.39 is 0 Å². The van der Waals surface area contributed by atoms with E-state index in [4.69, 9.17) is 0 Å². The molecular weight excluding hydrogens is 288 g/mol. The molecule has 1 amide bonds. The minimum atomic E-state index is 0.164. The second kappa shape index (κ2) is 5.07. The van der Waals surface area contributed by atoms with Gasteiger partial charge in [0.1, 0.15) is 5.69 Å². The van der Waals surface area contributed by atoms with Crippen LogP contribution in [0.4, 0.5) is 0 Å². The molecule has 1 aromatic heterocycles. The van der Waals surface area contributed by atoms with Gasteiger partial charge in [-0.1, -0.05) is 20.8 Å². The van der Waals surface area contributed by atoms with Crippen LogP contribution in [-0.4, -0.2) is 45.3 Å². The number of nitrogens with zero attached hydrogens (tertiary/aromatic N) is 3. The van der Waals surface area contributed by atoms with Crippen LogP contribution in [0.1, 0.15) is 68.6 Å². The first-order valence-corrected chi connectivity index (χ1v) is 9.01. The number of rotatable bonds is 2. The maximum atomic E-state index is 13.3. The van der Waals surface area contributed by atoms with Crippen molar-refractivity contribution in [3.05, 3.63) is 17.5 Å². The van der Waals surface area contributed by atoms with Crippen molar-refractivity contribution in [2.75, 3.05) is 6.54 Å². The fourth-order valence-electron chi connectivity index (χ4n) is 5.17. The lowest BCUT2D eigenvalue weighted by molar-refractivity contribution is 0.0123. The van der Waals surface area contributed by atoms with Gasteiger partial charge in [-0.05, 0) is 37.7 Å². The van der Waals surface area contributed by atoms with Crippen molar-refractivity contribution < 1.29 is 4.79 Å². The van der Waals surface area contributed by atoms with Gasteiger partial charge in [0.05, 0.1) is 5.69 Å². The second-order valence-corrected chi connectivity index (χ2v) is 8.26. The van der Waals surface area contributed by atoms with Crippen LogP contribution in [0, 0.1) is 5.41 Å². The normalized spacial score (nSPS) is 35.9. The van der Waals surface area contributed by atoms with Gasteiger partial charge in [-0.2, -0.15) is 5.10 Å². The molecule has 3 heterocycles. The third kappa shape index (κ3) is 2.16. The molecule has 2 aliphatic heterocycles. The van der Waals surface area contributed by atoms with Crippen LogP contribution in [0.2, 0.25) is 0 Å². The first-order valence-electron chi connectivity index (χ1n) is 9.01. The summed E-state index contributed by atoms with van der Waals surface area (Å²) in [5.41, 5.74) is 1.98. The van der Waals surface area contributed by atoms with Crippen molar-refractivity contribution in [1.29, 1.82) is 0 Å². The molecule has 5 heteroatoms. The van der Waals surface area contributed by atoms with Crippen molar-refractivity contribution in [2.24, 2.45) is 12.5 Å². The molecule has 3 fully saturated rings. The molecule has 4 atom stereocenters. The Kier molecular flexibility index (Phi) is 3.34. The Hall–Kier alpha value is -1.36. The lowest BCUT2D eigenvalue weighted by Gasteiger charge is -2.50. The highest BCUT2D eigenvalue weighted by Gasteiger charge is 2.57. The third-order valence-corrected chi connectivity index (χ3v) is 6.41. The zero-order valence-electron chi connectivity index (χ0n) is 14.7. The van der Waals surface area contributed by atoms with Crippen molar-refractivity contribution in [2.45, 2.75) is 70.5 Å². The Labute approximate surface area is 138 Å². The molecule has 2 bridgehead atoms. The number of likely N-dealkylation sites (tertiary alicyclic amines) is 1. The average molecular weight is 316 g/mol. The molecule has 1 N–H and O–H groups in total. The Morgan fingerprint density at radius 3 is 2.91 bits per heavy atom. The summed E-state index contributed by atoms with van der Waals surface area (Å²) in [5.74, 6) is 0.510. The lowest BCUT2D eigenvalue weighted by atomic mass is 9.66. The first kappa shape index (κ1) is 15.2. The van der Waals surface area contributed by atoms with Gasteiger partial charge >= 0.3 is 0 Å². The van der Waals surface area contributed by atoms with Gasteiger partial charge < -0.3 is 10.2 Å². The maximum absolute atomic E-state index is 13.3. The SMILES string of the molecule is CC(C)c1cc(C(=O)N2C[C@@H]3C[C@@]4(C)[C@H](CCC[C@@H]24)N3)n(C)n1. The van der Waals surface area contributed by atoms with Crippen LogP contribution in [0.3, 0.4) is 0 Å². The number of hydrogen-bond donors (Lipinski definition) is 1. The van der Waals surface area contributed by atoms with E-state index in [1.165, 1.54) is 19.3 Å². The van der Waals surface area contributed by atoms with E-state index in [0.29, 0.717) is 24.0 Å². The lowest BCUT2D eigenvalue weighted by Crippen LogP contribution is -2.57. The van der Waals surface area contributed by atoms with Gasteiger partial charge in [-0.15, -0.1) is 0 Å². The van der Waals surface area contributed by atoms with E-state index in [-0.39, 0.29) is 11.3 Å². The molecule has 0 aromatic carbocycles. The summed E-state index contributed by atoms with van der Waals surface area (Å²) >= 11 is 0. The van der Waals surface area contributed by atoms with E-state index in [1.807, 2.05) is 13.1 Å². The van der Waals surface area contributed by atoms with Gasteiger partial charge in [-0.25, -0.2) is 0 Å². The van der Waals surface area contributed by atoms with Gasteiger partial charge in [0.25, 0.3) is 5.91 Å². The van der Waals surface area contributed by atoms with E-state index >= 15 is 0 Å². The number of amides is 1. The van der Waals surface area contributed by atoms with Crippen molar-refractivity contribution in [3.8, 4) is 0 Å². The summed E-state index contributed by atoms with van der Waals surface area (Å²) in [4.78, 5) is 15.4. The number of aryl methyl sites for hydroxylation is 1. The zero-order valence-corrected chi connectivity index (χ0v) is 14.7. The molecule has 1 aliphatic carbocycles. The standard InChI is InChI=1S/C18H28N4O/c1-11(2)13-8-14(21(4)20-13)17(23)22-10-12-9-18(3)15(19-12)6-5-7-16(18)22/h8,11-12,15-16,19H,5-7,9-10H2,1-4H3/t12-,15-,16+,18-/m0/s1. The fraction of sp³-hybridized carbons (Fsp3) is 0.778. The Bertz CT molecular complexity index is 637. The van der Waals surface area contributed by atoms with Gasteiger partial charge in [0.2, 0.25) is 0 Å². The van der Waals surface area contributed by atoms with Gasteiger partial charge in [0.15, 0.2) is 0 Å². The summed E-state index contributed by atoms with van der Waals surface area (Å²) in [6, 6.07) is 3.40. The summed E-state index contributed by atoms with van der Waals surface area (Å²) in [6.45, 7) is 7.47. The zero-order chi connectivity index (χ0) is 16.4. The number of carbonyl (C=O) groups is 1. The number of hydrogen-bond acceptors (Lipinski definition) is 3. The highest BCUT2D eigenvalue weighted by atomic mass is 16.2. The highest BCUT2D eigenvalue weighted by molar-refractivity contribution is 5.93. The molecule has 4 rings (SSSR count). The van der Waals surface area contributed by atoms with E-state index in [2.05, 4.69) is 36.1 Å². The molecule has 0 unspecified atom stereocenters. The average Bonchev–Trinajstić information content (AvgIpc) is 3.03. The van der Waals surface area contributed by atoms with Crippen molar-refractivity contribution in [3.63, 3.8) is 0 Å². The first-order chi connectivity index (χ1) is 10.9. The molecule has 2 saturated heterocycles. The molecule has 5 nitrogen and oxygen atoms in total. The van der Waals surface area contributed by atoms with Crippen LogP contribution in [0.15, 0.2) is 6.07 Å². The van der Waals surface area contributed by atoms with Crippen molar-refractivity contribution in [1.82, 2.24) is 20.0 Å². The molecular formula is C18H28N4O. The number of aromatic nitrogens is 2. The Morgan fingerprint density at radius 1 is 1.43 bits per heavy atom. The Balaban J connectivity index is 1.66. The molecule has 1 saturated carbocycles. The molecule has 23 heavy (non-hydrogen) atoms. The molecule has 126 valence electrons. The smallest absolute Gasteiger partial charge is 0.272 e. The minimum absolute atomic E-state index is 0.164. The van der Waals surface area contributed by atoms with E-state index in [1.54, 1.807) is 4.68 Å². The van der Waals surface area contributed by atoms with E-state index in [0.717, 1.165) is 24.4 Å². The number of carbonyl (C=O) groups excluding carboxylic acids is 1. The van der Waals surface area contributed by atoms with Gasteiger partial charge in [-0.3, -0.25) is 9.48 Å². The van der Waals surface area contributed by atoms with Crippen LogP contribution in [0.25, 0.3) is 0 Å². The van der Waals surface area contributed by atoms with Crippen LogP contribution < -0.4 is 5.32 Å². The van der Waals surface area contributed by atoms with Crippen molar-refractivity contribution >= 4 is 5.91 Å². The number of fused-ring (bicyclic) bond motifs is 1. The minimum Gasteiger partial charge on any atom is -0.332 e. The van der Waals surface area contributed by atoms with Gasteiger partial charge in [0, 0.05) is 37.1 Å². The topological polar surface area (TPSA) is 50.2 Å². The molecule has 1 aromatic rings.